The Morgan fingerprint density at radius 2 is 2.00 bits per heavy atom. The van der Waals surface area contributed by atoms with E-state index in [0.717, 1.165) is 5.56 Å². The van der Waals surface area contributed by atoms with E-state index in [1.54, 1.807) is 29.6 Å². The minimum Gasteiger partial charge on any atom is -0.493 e. The molecule has 0 fully saturated rings. The van der Waals surface area contributed by atoms with Gasteiger partial charge in [-0.1, -0.05) is 12.1 Å². The van der Waals surface area contributed by atoms with E-state index >= 15 is 0 Å². The molecule has 1 aromatic carbocycles. The van der Waals surface area contributed by atoms with Crippen molar-refractivity contribution in [3.05, 3.63) is 46.2 Å². The molecular formula is C17H18F2N2O4S. The summed E-state index contributed by atoms with van der Waals surface area (Å²) >= 11 is 1.29. The standard InChI is InChI=1S/C17H18F2N2O4S/c1-24-13-9-11(4-5-12(13)25-17(18)19)6-7-20-15(22)10-21-16(23)14-3-2-8-26-14/h2-5,8-9,17H,6-7,10H2,1H3,(H,20,22)(H,21,23). The number of benzene rings is 1. The summed E-state index contributed by atoms with van der Waals surface area (Å²) in [5.74, 6) is -0.474. The number of rotatable bonds is 9. The fourth-order valence-corrected chi connectivity index (χ4v) is 2.77. The summed E-state index contributed by atoms with van der Waals surface area (Å²) in [6.07, 6.45) is 0.468. The predicted molar refractivity (Wildman–Crippen MR) is 93.0 cm³/mol. The van der Waals surface area contributed by atoms with Gasteiger partial charge in [-0.15, -0.1) is 11.3 Å². The van der Waals surface area contributed by atoms with E-state index in [2.05, 4.69) is 15.4 Å². The van der Waals surface area contributed by atoms with Crippen LogP contribution in [-0.4, -0.2) is 38.6 Å². The molecule has 1 aromatic heterocycles. The van der Waals surface area contributed by atoms with Crippen molar-refractivity contribution in [2.24, 2.45) is 0 Å². The Labute approximate surface area is 153 Å². The molecule has 6 nitrogen and oxygen atoms in total. The second-order valence-electron chi connectivity index (χ2n) is 5.12. The van der Waals surface area contributed by atoms with Crippen LogP contribution < -0.4 is 20.1 Å². The lowest BCUT2D eigenvalue weighted by Crippen LogP contribution is -2.37. The number of hydrogen-bond donors (Lipinski definition) is 2. The monoisotopic (exact) mass is 384 g/mol. The molecule has 0 saturated carbocycles. The number of carbonyl (C=O) groups is 2. The van der Waals surface area contributed by atoms with Gasteiger partial charge < -0.3 is 20.1 Å². The number of thiophene rings is 1. The van der Waals surface area contributed by atoms with Gasteiger partial charge in [0.05, 0.1) is 18.5 Å². The van der Waals surface area contributed by atoms with E-state index in [1.807, 2.05) is 0 Å². The molecule has 2 amide bonds. The number of nitrogens with one attached hydrogen (secondary N) is 2. The summed E-state index contributed by atoms with van der Waals surface area (Å²) in [6, 6.07) is 8.01. The maximum Gasteiger partial charge on any atom is 0.387 e. The third-order valence-corrected chi connectivity index (χ3v) is 4.20. The first-order valence-electron chi connectivity index (χ1n) is 7.69. The zero-order valence-electron chi connectivity index (χ0n) is 14.0. The van der Waals surface area contributed by atoms with Crippen molar-refractivity contribution in [1.29, 1.82) is 0 Å². The van der Waals surface area contributed by atoms with E-state index in [-0.39, 0.29) is 29.9 Å². The van der Waals surface area contributed by atoms with E-state index < -0.39 is 6.61 Å². The van der Waals surface area contributed by atoms with Crippen molar-refractivity contribution < 1.29 is 27.8 Å². The van der Waals surface area contributed by atoms with Gasteiger partial charge in [0.2, 0.25) is 5.91 Å². The Bertz CT molecular complexity index is 738. The van der Waals surface area contributed by atoms with Gasteiger partial charge in [-0.05, 0) is 35.6 Å². The molecular weight excluding hydrogens is 366 g/mol. The summed E-state index contributed by atoms with van der Waals surface area (Å²) in [5.41, 5.74) is 0.784. The molecule has 0 aliphatic rings. The zero-order valence-corrected chi connectivity index (χ0v) is 14.8. The summed E-state index contributed by atoms with van der Waals surface area (Å²) in [6.45, 7) is -2.73. The van der Waals surface area contributed by atoms with E-state index in [1.165, 1.54) is 24.5 Å². The smallest absolute Gasteiger partial charge is 0.387 e. The summed E-state index contributed by atoms with van der Waals surface area (Å²) < 4.78 is 34.0. The molecule has 2 rings (SSSR count). The van der Waals surface area contributed by atoms with Gasteiger partial charge in [0.1, 0.15) is 0 Å². The van der Waals surface area contributed by atoms with Crippen molar-refractivity contribution in [3.8, 4) is 11.5 Å². The number of amides is 2. The summed E-state index contributed by atoms with van der Waals surface area (Å²) in [5, 5.41) is 6.98. The number of ether oxygens (including phenoxy) is 2. The molecule has 26 heavy (non-hydrogen) atoms. The van der Waals surface area contributed by atoms with Gasteiger partial charge >= 0.3 is 6.61 Å². The Kier molecular flexibility index (Phi) is 7.34. The Morgan fingerprint density at radius 3 is 2.65 bits per heavy atom. The molecule has 1 heterocycles. The highest BCUT2D eigenvalue weighted by Crippen LogP contribution is 2.29. The normalized spacial score (nSPS) is 10.5. The molecule has 140 valence electrons. The van der Waals surface area contributed by atoms with E-state index in [0.29, 0.717) is 17.8 Å². The second kappa shape index (κ2) is 9.71. The van der Waals surface area contributed by atoms with Gasteiger partial charge in [0.25, 0.3) is 5.91 Å². The average Bonchev–Trinajstić information content (AvgIpc) is 3.15. The van der Waals surface area contributed by atoms with Crippen LogP contribution in [0.3, 0.4) is 0 Å². The van der Waals surface area contributed by atoms with Crippen molar-refractivity contribution in [3.63, 3.8) is 0 Å². The van der Waals surface area contributed by atoms with Crippen LogP contribution >= 0.6 is 11.3 Å². The van der Waals surface area contributed by atoms with E-state index in [4.69, 9.17) is 4.74 Å². The third kappa shape index (κ3) is 5.99. The maximum absolute atomic E-state index is 12.3. The molecule has 0 aliphatic carbocycles. The SMILES string of the molecule is COc1cc(CCNC(=O)CNC(=O)c2cccs2)ccc1OC(F)F. The minimum atomic E-state index is -2.93. The minimum absolute atomic E-state index is 0.0495. The van der Waals surface area contributed by atoms with Crippen molar-refractivity contribution in [2.45, 2.75) is 13.0 Å². The zero-order chi connectivity index (χ0) is 18.9. The predicted octanol–water partition coefficient (Wildman–Crippen LogP) is 2.45. The van der Waals surface area contributed by atoms with Gasteiger partial charge in [-0.25, -0.2) is 0 Å². The molecule has 2 aromatic rings. The first-order chi connectivity index (χ1) is 12.5. The Balaban J connectivity index is 1.76. The summed E-state index contributed by atoms with van der Waals surface area (Å²) in [7, 11) is 1.36. The van der Waals surface area contributed by atoms with Crippen LogP contribution in [0.5, 0.6) is 11.5 Å². The number of alkyl halides is 2. The number of hydrogen-bond acceptors (Lipinski definition) is 5. The first kappa shape index (κ1) is 19.6. The highest BCUT2D eigenvalue weighted by molar-refractivity contribution is 7.12. The Morgan fingerprint density at radius 1 is 1.19 bits per heavy atom. The van der Waals surface area contributed by atoms with Gasteiger partial charge in [-0.3, -0.25) is 9.59 Å². The lowest BCUT2D eigenvalue weighted by molar-refractivity contribution is -0.120. The van der Waals surface area contributed by atoms with Crippen molar-refractivity contribution in [1.82, 2.24) is 10.6 Å². The number of carbonyl (C=O) groups excluding carboxylic acids is 2. The molecule has 0 saturated heterocycles. The van der Waals surface area contributed by atoms with Crippen LogP contribution in [0.15, 0.2) is 35.7 Å². The largest absolute Gasteiger partial charge is 0.493 e. The van der Waals surface area contributed by atoms with Crippen LogP contribution in [0.1, 0.15) is 15.2 Å². The number of methoxy groups -OCH3 is 1. The molecule has 0 radical (unpaired) electrons. The fraction of sp³-hybridized carbons (Fsp3) is 0.294. The number of halogens is 2. The molecule has 0 spiro atoms. The molecule has 0 bridgehead atoms. The van der Waals surface area contributed by atoms with Crippen LogP contribution in [0, 0.1) is 0 Å². The molecule has 9 heteroatoms. The van der Waals surface area contributed by atoms with E-state index in [9.17, 15) is 18.4 Å². The topological polar surface area (TPSA) is 76.7 Å². The average molecular weight is 384 g/mol. The van der Waals surface area contributed by atoms with Crippen molar-refractivity contribution >= 4 is 23.2 Å². The quantitative estimate of drug-likeness (QED) is 0.696. The van der Waals surface area contributed by atoms with Gasteiger partial charge in [0.15, 0.2) is 11.5 Å². The molecule has 2 N–H and O–H groups in total. The third-order valence-electron chi connectivity index (χ3n) is 3.33. The molecule has 0 atom stereocenters. The second-order valence-corrected chi connectivity index (χ2v) is 6.07. The maximum atomic E-state index is 12.3. The Hall–Kier alpha value is -2.68. The first-order valence-corrected chi connectivity index (χ1v) is 8.57. The lowest BCUT2D eigenvalue weighted by atomic mass is 10.1. The van der Waals surface area contributed by atoms with Gasteiger partial charge in [-0.2, -0.15) is 8.78 Å². The summed E-state index contributed by atoms with van der Waals surface area (Å²) in [4.78, 5) is 24.0. The van der Waals surface area contributed by atoms with Crippen molar-refractivity contribution in [2.75, 3.05) is 20.2 Å². The van der Waals surface area contributed by atoms with Crippen LogP contribution in [0.25, 0.3) is 0 Å². The van der Waals surface area contributed by atoms with Gasteiger partial charge in [0, 0.05) is 6.54 Å². The fourth-order valence-electron chi connectivity index (χ4n) is 2.13. The molecule has 0 aliphatic heterocycles. The highest BCUT2D eigenvalue weighted by Gasteiger charge is 2.12. The highest BCUT2D eigenvalue weighted by atomic mass is 32.1. The lowest BCUT2D eigenvalue weighted by Gasteiger charge is -2.12. The molecule has 0 unspecified atom stereocenters. The van der Waals surface area contributed by atoms with Crippen LogP contribution in [0.4, 0.5) is 8.78 Å². The van der Waals surface area contributed by atoms with Crippen LogP contribution in [0.2, 0.25) is 0 Å². The van der Waals surface area contributed by atoms with Crippen LogP contribution in [-0.2, 0) is 11.2 Å².